The Bertz CT molecular complexity index is 866. The Hall–Kier alpha value is -2.46. The molecule has 4 rings (SSSR count). The number of rotatable bonds is 1. The highest BCUT2D eigenvalue weighted by atomic mass is 32.1. The minimum atomic E-state index is -0.322. The molecule has 96 valence electrons. The van der Waals surface area contributed by atoms with Crippen molar-refractivity contribution in [3.8, 4) is 10.4 Å². The first-order valence-electron chi connectivity index (χ1n) is 6.20. The number of nitrogens with one attached hydrogen (secondary N) is 1. The molecule has 2 aromatic carbocycles. The van der Waals surface area contributed by atoms with Crippen molar-refractivity contribution in [3.63, 3.8) is 0 Å². The van der Waals surface area contributed by atoms with Crippen molar-refractivity contribution >= 4 is 33.9 Å². The van der Waals surface area contributed by atoms with Gasteiger partial charge in [0.25, 0.3) is 11.8 Å². The van der Waals surface area contributed by atoms with Gasteiger partial charge in [0.15, 0.2) is 0 Å². The van der Waals surface area contributed by atoms with Gasteiger partial charge in [0.05, 0.1) is 0 Å². The van der Waals surface area contributed by atoms with E-state index in [4.69, 9.17) is 0 Å². The predicted molar refractivity (Wildman–Crippen MR) is 79.1 cm³/mol. The van der Waals surface area contributed by atoms with Crippen LogP contribution in [0.2, 0.25) is 0 Å². The second kappa shape index (κ2) is 4.02. The van der Waals surface area contributed by atoms with Crippen LogP contribution in [0.25, 0.3) is 21.2 Å². The largest absolute Gasteiger partial charge is 0.288 e. The number of amides is 2. The molecule has 2 heterocycles. The summed E-state index contributed by atoms with van der Waals surface area (Å²) in [5.41, 5.74) is 2.14. The summed E-state index contributed by atoms with van der Waals surface area (Å²) in [6, 6.07) is 13.4. The number of imide groups is 1. The molecule has 0 aliphatic carbocycles. The summed E-state index contributed by atoms with van der Waals surface area (Å²) in [5, 5.41) is 6.07. The van der Waals surface area contributed by atoms with Crippen LogP contribution in [0.1, 0.15) is 20.7 Å². The zero-order valence-corrected chi connectivity index (χ0v) is 11.2. The van der Waals surface area contributed by atoms with Gasteiger partial charge in [0.2, 0.25) is 0 Å². The number of thiophene rings is 1. The fraction of sp³-hybridized carbons (Fsp3) is 0. The number of carbonyl (C=O) groups excluding carboxylic acids is 2. The van der Waals surface area contributed by atoms with E-state index in [9.17, 15) is 9.59 Å². The van der Waals surface area contributed by atoms with Crippen molar-refractivity contribution in [1.82, 2.24) is 5.32 Å². The third-order valence-corrected chi connectivity index (χ3v) is 4.42. The highest BCUT2D eigenvalue weighted by Crippen LogP contribution is 2.33. The van der Waals surface area contributed by atoms with Gasteiger partial charge in [-0.25, -0.2) is 0 Å². The van der Waals surface area contributed by atoms with Gasteiger partial charge in [-0.1, -0.05) is 18.2 Å². The smallest absolute Gasteiger partial charge is 0.258 e. The van der Waals surface area contributed by atoms with E-state index in [0.717, 1.165) is 21.2 Å². The fourth-order valence-corrected chi connectivity index (χ4v) is 3.33. The molecule has 0 saturated heterocycles. The van der Waals surface area contributed by atoms with Gasteiger partial charge in [0, 0.05) is 21.4 Å². The van der Waals surface area contributed by atoms with E-state index in [-0.39, 0.29) is 11.8 Å². The molecule has 0 radical (unpaired) electrons. The van der Waals surface area contributed by atoms with Crippen LogP contribution in [-0.2, 0) is 0 Å². The van der Waals surface area contributed by atoms with Crippen LogP contribution in [0, 0.1) is 0 Å². The van der Waals surface area contributed by atoms with Crippen molar-refractivity contribution in [3.05, 3.63) is 59.0 Å². The van der Waals surface area contributed by atoms with Crippen LogP contribution < -0.4 is 5.32 Å². The molecule has 0 unspecified atom stereocenters. The quantitative estimate of drug-likeness (QED) is 0.693. The molecule has 1 aliphatic rings. The van der Waals surface area contributed by atoms with Crippen molar-refractivity contribution in [2.75, 3.05) is 0 Å². The lowest BCUT2D eigenvalue weighted by atomic mass is 9.93. The Morgan fingerprint density at radius 1 is 0.900 bits per heavy atom. The zero-order chi connectivity index (χ0) is 13.7. The summed E-state index contributed by atoms with van der Waals surface area (Å²) >= 11 is 1.63. The lowest BCUT2D eigenvalue weighted by Crippen LogP contribution is -2.34. The van der Waals surface area contributed by atoms with Gasteiger partial charge in [-0.3, -0.25) is 14.9 Å². The monoisotopic (exact) mass is 279 g/mol. The van der Waals surface area contributed by atoms with E-state index in [0.29, 0.717) is 11.1 Å². The van der Waals surface area contributed by atoms with E-state index in [2.05, 4.69) is 5.32 Å². The van der Waals surface area contributed by atoms with Crippen LogP contribution in [0.15, 0.2) is 47.8 Å². The highest BCUT2D eigenvalue weighted by Gasteiger charge is 2.25. The molecule has 0 saturated carbocycles. The summed E-state index contributed by atoms with van der Waals surface area (Å²) in [6.07, 6.45) is 0. The van der Waals surface area contributed by atoms with Crippen molar-refractivity contribution in [2.24, 2.45) is 0 Å². The predicted octanol–water partition coefficient (Wildman–Crippen LogP) is 3.45. The molecule has 0 fully saturated rings. The van der Waals surface area contributed by atoms with Gasteiger partial charge in [-0.2, -0.15) is 0 Å². The van der Waals surface area contributed by atoms with Crippen LogP contribution in [0.4, 0.5) is 0 Å². The van der Waals surface area contributed by atoms with Crippen LogP contribution in [0.5, 0.6) is 0 Å². The first-order valence-corrected chi connectivity index (χ1v) is 7.08. The van der Waals surface area contributed by atoms with Crippen LogP contribution >= 0.6 is 11.3 Å². The Morgan fingerprint density at radius 3 is 2.55 bits per heavy atom. The number of benzene rings is 2. The minimum Gasteiger partial charge on any atom is -0.288 e. The highest BCUT2D eigenvalue weighted by molar-refractivity contribution is 7.13. The molecular weight excluding hydrogens is 270 g/mol. The SMILES string of the molecule is O=C1NC(=O)c2cc(-c3cccs3)cc3cccc1c23. The molecule has 3 aromatic rings. The van der Waals surface area contributed by atoms with E-state index in [1.165, 1.54) is 0 Å². The molecule has 1 aromatic heterocycles. The summed E-state index contributed by atoms with van der Waals surface area (Å²) in [5.74, 6) is -0.644. The van der Waals surface area contributed by atoms with Crippen molar-refractivity contribution in [1.29, 1.82) is 0 Å². The lowest BCUT2D eigenvalue weighted by molar-refractivity contribution is 0.0845. The molecule has 0 atom stereocenters. The topological polar surface area (TPSA) is 46.2 Å². The zero-order valence-electron chi connectivity index (χ0n) is 10.3. The lowest BCUT2D eigenvalue weighted by Gasteiger charge is -2.17. The molecule has 1 N–H and O–H groups in total. The maximum absolute atomic E-state index is 12.1. The Morgan fingerprint density at radius 2 is 1.75 bits per heavy atom. The summed E-state index contributed by atoms with van der Waals surface area (Å²) in [4.78, 5) is 25.1. The Balaban J connectivity index is 2.11. The molecule has 0 spiro atoms. The van der Waals surface area contributed by atoms with Crippen molar-refractivity contribution < 1.29 is 9.59 Å². The van der Waals surface area contributed by atoms with Gasteiger partial charge in [0.1, 0.15) is 0 Å². The van der Waals surface area contributed by atoms with Crippen LogP contribution in [-0.4, -0.2) is 11.8 Å². The molecule has 3 nitrogen and oxygen atoms in total. The fourth-order valence-electron chi connectivity index (χ4n) is 2.62. The first kappa shape index (κ1) is 11.4. The molecule has 20 heavy (non-hydrogen) atoms. The molecule has 0 bridgehead atoms. The maximum Gasteiger partial charge on any atom is 0.258 e. The van der Waals surface area contributed by atoms with Gasteiger partial charge >= 0.3 is 0 Å². The standard InChI is InChI=1S/C16H9NO2S/c18-15-11-4-1-3-9-7-10(13-5-2-6-20-13)8-12(14(9)11)16(19)17-15/h1-8H,(H,17,18,19). The van der Waals surface area contributed by atoms with E-state index < -0.39 is 0 Å². The summed E-state index contributed by atoms with van der Waals surface area (Å²) < 4.78 is 0. The molecular formula is C16H9NO2S. The Labute approximate surface area is 118 Å². The third kappa shape index (κ3) is 1.52. The van der Waals surface area contributed by atoms with Crippen molar-refractivity contribution in [2.45, 2.75) is 0 Å². The first-order chi connectivity index (χ1) is 9.74. The minimum absolute atomic E-state index is 0.322. The second-order valence-corrected chi connectivity index (χ2v) is 5.64. The van der Waals surface area contributed by atoms with Gasteiger partial charge < -0.3 is 0 Å². The van der Waals surface area contributed by atoms with Gasteiger partial charge in [-0.05, 0) is 40.6 Å². The second-order valence-electron chi connectivity index (χ2n) is 4.69. The van der Waals surface area contributed by atoms with E-state index >= 15 is 0 Å². The summed E-state index contributed by atoms with van der Waals surface area (Å²) in [7, 11) is 0. The Kier molecular flexibility index (Phi) is 2.28. The molecule has 2 amide bonds. The number of hydrogen-bond donors (Lipinski definition) is 1. The maximum atomic E-state index is 12.1. The number of carbonyl (C=O) groups is 2. The third-order valence-electron chi connectivity index (χ3n) is 3.50. The van der Waals surface area contributed by atoms with Crippen LogP contribution in [0.3, 0.4) is 0 Å². The average molecular weight is 279 g/mol. The molecule has 4 heteroatoms. The summed E-state index contributed by atoms with van der Waals surface area (Å²) in [6.45, 7) is 0. The number of hydrogen-bond acceptors (Lipinski definition) is 3. The van der Waals surface area contributed by atoms with E-state index in [1.54, 1.807) is 17.4 Å². The van der Waals surface area contributed by atoms with E-state index in [1.807, 2.05) is 41.8 Å². The normalized spacial score (nSPS) is 13.6. The van der Waals surface area contributed by atoms with Gasteiger partial charge in [-0.15, -0.1) is 11.3 Å². The average Bonchev–Trinajstić information content (AvgIpc) is 2.98. The molecule has 1 aliphatic heterocycles.